The lowest BCUT2D eigenvalue weighted by Crippen LogP contribution is -1.89. The molecule has 0 radical (unpaired) electrons. The Morgan fingerprint density at radius 1 is 1.06 bits per heavy atom. The van der Waals surface area contributed by atoms with Crippen molar-refractivity contribution in [1.29, 1.82) is 0 Å². The van der Waals surface area contributed by atoms with Crippen molar-refractivity contribution in [2.75, 3.05) is 14.1 Å². The molecule has 0 fully saturated rings. The molecule has 2 nitrogen and oxygen atoms in total. The number of hydrogen-bond acceptors (Lipinski definition) is 2. The summed E-state index contributed by atoms with van der Waals surface area (Å²) in [6.45, 7) is 0. The average molecular weight is 215 g/mol. The third kappa shape index (κ3) is 3.48. The maximum Gasteiger partial charge on any atom is 0.124 e. The van der Waals surface area contributed by atoms with Crippen molar-refractivity contribution in [1.82, 2.24) is 5.32 Å². The van der Waals surface area contributed by atoms with Crippen LogP contribution in [0, 0.1) is 0 Å². The predicted octanol–water partition coefficient (Wildman–Crippen LogP) is 2.42. The highest BCUT2D eigenvalue weighted by molar-refractivity contribution is 5.83. The third-order valence-corrected chi connectivity index (χ3v) is 2.13. The van der Waals surface area contributed by atoms with Crippen LogP contribution in [-0.4, -0.2) is 20.4 Å². The lowest BCUT2D eigenvalue weighted by atomic mass is 10.1. The van der Waals surface area contributed by atoms with E-state index < -0.39 is 0 Å². The van der Waals surface area contributed by atoms with E-state index in [4.69, 9.17) is 0 Å². The normalized spacial score (nSPS) is 9.38. The van der Waals surface area contributed by atoms with E-state index >= 15 is 0 Å². The summed E-state index contributed by atoms with van der Waals surface area (Å²) >= 11 is 0. The fraction of sp³-hybridized carbons (Fsp3) is 0.214. The minimum Gasteiger partial charge on any atom is -0.323 e. The molecule has 2 aromatic rings. The Bertz CT molecular complexity index is 451. The fourth-order valence-corrected chi connectivity index (χ4v) is 1.46. The van der Waals surface area contributed by atoms with Crippen molar-refractivity contribution >= 4 is 17.1 Å². The summed E-state index contributed by atoms with van der Waals surface area (Å²) in [7, 11) is 3.75. The van der Waals surface area contributed by atoms with Crippen molar-refractivity contribution in [2.24, 2.45) is 0 Å². The first-order valence-electron chi connectivity index (χ1n) is 5.31. The molecule has 1 N–H and O–H groups in total. The van der Waals surface area contributed by atoms with E-state index in [2.05, 4.69) is 23.5 Å². The second kappa shape index (κ2) is 6.75. The van der Waals surface area contributed by atoms with Gasteiger partial charge in [-0.3, -0.25) is 0 Å². The maximum atomic E-state index is 10.3. The van der Waals surface area contributed by atoms with Gasteiger partial charge in [0.25, 0.3) is 0 Å². The Kier molecular flexibility index (Phi) is 5.23. The molecule has 0 aliphatic heterocycles. The summed E-state index contributed by atoms with van der Waals surface area (Å²) in [5.41, 5.74) is 1.08. The number of aldehydes is 1. The monoisotopic (exact) mass is 215 g/mol. The van der Waals surface area contributed by atoms with Crippen LogP contribution < -0.4 is 5.32 Å². The molecule has 0 heterocycles. The molecule has 16 heavy (non-hydrogen) atoms. The zero-order valence-electron chi connectivity index (χ0n) is 9.73. The van der Waals surface area contributed by atoms with Crippen LogP contribution in [-0.2, 0) is 11.2 Å². The molecule has 2 heteroatoms. The number of rotatable bonds is 2. The van der Waals surface area contributed by atoms with E-state index in [1.165, 1.54) is 10.8 Å². The van der Waals surface area contributed by atoms with Gasteiger partial charge in [-0.2, -0.15) is 0 Å². The molecule has 0 unspecified atom stereocenters. The highest BCUT2D eigenvalue weighted by Crippen LogP contribution is 2.15. The van der Waals surface area contributed by atoms with Gasteiger partial charge in [0.2, 0.25) is 0 Å². The molecule has 0 saturated heterocycles. The Hall–Kier alpha value is -1.67. The summed E-state index contributed by atoms with van der Waals surface area (Å²) in [6.07, 6.45) is 1.44. The first kappa shape index (κ1) is 12.4. The maximum absolute atomic E-state index is 10.3. The highest BCUT2D eigenvalue weighted by atomic mass is 16.1. The van der Waals surface area contributed by atoms with Crippen LogP contribution in [0.25, 0.3) is 10.8 Å². The largest absolute Gasteiger partial charge is 0.323 e. The molecule has 0 aliphatic carbocycles. The second-order valence-corrected chi connectivity index (χ2v) is 3.55. The van der Waals surface area contributed by atoms with Crippen LogP contribution in [0.15, 0.2) is 42.5 Å². The molecule has 0 aliphatic rings. The summed E-state index contributed by atoms with van der Waals surface area (Å²) in [5.74, 6) is 0. The third-order valence-electron chi connectivity index (χ3n) is 2.13. The van der Waals surface area contributed by atoms with Gasteiger partial charge in [0.15, 0.2) is 0 Å². The highest BCUT2D eigenvalue weighted by Gasteiger charge is 1.94. The molecule has 0 aromatic heterocycles. The van der Waals surface area contributed by atoms with E-state index in [1.54, 1.807) is 0 Å². The Morgan fingerprint density at radius 2 is 1.69 bits per heavy atom. The number of hydrogen-bond donors (Lipinski definition) is 1. The smallest absolute Gasteiger partial charge is 0.124 e. The Balaban J connectivity index is 0.000000386. The van der Waals surface area contributed by atoms with E-state index in [0.717, 1.165) is 11.8 Å². The van der Waals surface area contributed by atoms with Crippen LogP contribution in [0.4, 0.5) is 0 Å². The average Bonchev–Trinajstić information content (AvgIpc) is 2.30. The van der Waals surface area contributed by atoms with Gasteiger partial charge >= 0.3 is 0 Å². The second-order valence-electron chi connectivity index (χ2n) is 3.55. The summed E-state index contributed by atoms with van der Waals surface area (Å²) in [6, 6.07) is 14.3. The number of carbonyl (C=O) groups excluding carboxylic acids is 1. The standard InChI is InChI=1S/C12H10O.C2H7N/c13-8-7-10-5-6-11-3-1-2-4-12(11)9-10;1-3-2/h1-6,8-9H,7H2;3H,1-2H3. The van der Waals surface area contributed by atoms with Gasteiger partial charge in [-0.1, -0.05) is 42.5 Å². The van der Waals surface area contributed by atoms with E-state index in [1.807, 2.05) is 38.4 Å². The SMILES string of the molecule is CNC.O=CCc1ccc2ccccc2c1. The molecule has 0 bridgehead atoms. The number of nitrogens with one attached hydrogen (secondary N) is 1. The van der Waals surface area contributed by atoms with Crippen LogP contribution in [0.2, 0.25) is 0 Å². The Labute approximate surface area is 96.3 Å². The molecule has 84 valence electrons. The zero-order chi connectivity index (χ0) is 11.8. The number of fused-ring (bicyclic) bond motifs is 1. The van der Waals surface area contributed by atoms with Crippen molar-refractivity contribution in [3.8, 4) is 0 Å². The predicted molar refractivity (Wildman–Crippen MR) is 68.7 cm³/mol. The molecule has 0 saturated carbocycles. The zero-order valence-corrected chi connectivity index (χ0v) is 9.73. The first-order chi connectivity index (χ1) is 7.81. The topological polar surface area (TPSA) is 29.1 Å². The summed E-state index contributed by atoms with van der Waals surface area (Å²) in [5, 5.41) is 5.17. The van der Waals surface area contributed by atoms with Crippen molar-refractivity contribution in [2.45, 2.75) is 6.42 Å². The lowest BCUT2D eigenvalue weighted by molar-refractivity contribution is -0.107. The van der Waals surface area contributed by atoms with Crippen LogP contribution in [0.1, 0.15) is 5.56 Å². The molecular formula is C14H17NO. The van der Waals surface area contributed by atoms with E-state index in [-0.39, 0.29) is 0 Å². The van der Waals surface area contributed by atoms with Gasteiger partial charge in [0.05, 0.1) is 0 Å². The minimum atomic E-state index is 0.505. The quantitative estimate of drug-likeness (QED) is 0.779. The first-order valence-corrected chi connectivity index (χ1v) is 5.31. The van der Waals surface area contributed by atoms with Crippen molar-refractivity contribution in [3.63, 3.8) is 0 Å². The molecular weight excluding hydrogens is 198 g/mol. The molecule has 2 rings (SSSR count). The number of benzene rings is 2. The lowest BCUT2D eigenvalue weighted by Gasteiger charge is -1.99. The Morgan fingerprint density at radius 3 is 2.31 bits per heavy atom. The van der Waals surface area contributed by atoms with Gasteiger partial charge in [0, 0.05) is 6.42 Å². The molecule has 0 atom stereocenters. The molecule has 2 aromatic carbocycles. The van der Waals surface area contributed by atoms with Gasteiger partial charge in [-0.05, 0) is 30.4 Å². The summed E-state index contributed by atoms with van der Waals surface area (Å²) < 4.78 is 0. The van der Waals surface area contributed by atoms with Crippen LogP contribution >= 0.6 is 0 Å². The van der Waals surface area contributed by atoms with Gasteiger partial charge in [-0.25, -0.2) is 0 Å². The van der Waals surface area contributed by atoms with Gasteiger partial charge in [0.1, 0.15) is 6.29 Å². The summed E-state index contributed by atoms with van der Waals surface area (Å²) in [4.78, 5) is 10.3. The minimum absolute atomic E-state index is 0.505. The van der Waals surface area contributed by atoms with E-state index in [0.29, 0.717) is 6.42 Å². The van der Waals surface area contributed by atoms with Gasteiger partial charge < -0.3 is 10.1 Å². The van der Waals surface area contributed by atoms with Gasteiger partial charge in [-0.15, -0.1) is 0 Å². The molecule has 0 amide bonds. The van der Waals surface area contributed by atoms with Crippen molar-refractivity contribution < 1.29 is 4.79 Å². The molecule has 0 spiro atoms. The van der Waals surface area contributed by atoms with Crippen molar-refractivity contribution in [3.05, 3.63) is 48.0 Å². The van der Waals surface area contributed by atoms with Crippen LogP contribution in [0.5, 0.6) is 0 Å². The number of carbonyl (C=O) groups is 1. The van der Waals surface area contributed by atoms with Crippen LogP contribution in [0.3, 0.4) is 0 Å². The fourth-order valence-electron chi connectivity index (χ4n) is 1.46. The van der Waals surface area contributed by atoms with E-state index in [9.17, 15) is 4.79 Å².